The van der Waals surface area contributed by atoms with Crippen LogP contribution in [0.25, 0.3) is 167 Å². The minimum Gasteiger partial charge on any atom is -0.435 e. The van der Waals surface area contributed by atoms with Crippen LogP contribution in [0, 0.1) is 0 Å². The first-order valence-corrected chi connectivity index (χ1v) is 34.9. The number of rotatable bonds is 10. The lowest BCUT2D eigenvalue weighted by Crippen LogP contribution is -2.41. The van der Waals surface area contributed by atoms with Crippen molar-refractivity contribution in [3.63, 3.8) is 0 Å². The van der Waals surface area contributed by atoms with E-state index in [1.54, 1.807) is 0 Å². The fraction of sp³-hybridized carbons (Fsp3) is 0.0667. The van der Waals surface area contributed by atoms with Gasteiger partial charge in [-0.15, -0.1) is 0 Å². The number of aromatic nitrogens is 8. The summed E-state index contributed by atoms with van der Waals surface area (Å²) in [6.45, 7) is 8.30. The molecular formula is C90H64BClN8O4. The molecule has 0 N–H and O–H groups in total. The molecule has 14 aromatic carbocycles. The van der Waals surface area contributed by atoms with Crippen molar-refractivity contribution in [3.8, 4) is 102 Å². The molecule has 5 heterocycles. The molecule has 0 amide bonds. The maximum absolute atomic E-state index is 6.46. The normalized spacial score (nSPS) is 13.1. The molecule has 0 atom stereocenters. The third-order valence-electron chi connectivity index (χ3n) is 19.4. The molecule has 14 heteroatoms. The number of benzene rings is 14. The molecule has 0 radical (unpaired) electrons. The zero-order valence-corrected chi connectivity index (χ0v) is 57.9. The molecule has 0 aliphatic carbocycles. The highest BCUT2D eigenvalue weighted by Crippen LogP contribution is 2.41. The summed E-state index contributed by atoms with van der Waals surface area (Å²) in [6.07, 6.45) is 0. The first kappa shape index (κ1) is 64.7. The highest BCUT2D eigenvalue weighted by molar-refractivity contribution is 6.62. The maximum Gasteiger partial charge on any atom is 0.494 e. The molecule has 1 aliphatic rings. The van der Waals surface area contributed by atoms with E-state index < -0.39 is 7.12 Å². The lowest BCUT2D eigenvalue weighted by molar-refractivity contribution is 0.00578. The average Bonchev–Trinajstić information content (AvgIpc) is 1.53. The first-order chi connectivity index (χ1) is 50.9. The monoisotopic (exact) mass is 1370 g/mol. The van der Waals surface area contributed by atoms with Gasteiger partial charge in [0, 0.05) is 49.7 Å². The smallest absolute Gasteiger partial charge is 0.435 e. The summed E-state index contributed by atoms with van der Waals surface area (Å²) in [7, 11) is -0.409. The van der Waals surface area contributed by atoms with E-state index in [9.17, 15) is 0 Å². The Morgan fingerprint density at radius 2 is 0.558 bits per heavy atom. The maximum atomic E-state index is 6.46. The van der Waals surface area contributed by atoms with Gasteiger partial charge in [-0.1, -0.05) is 273 Å². The molecule has 19 rings (SSSR count). The summed E-state index contributed by atoms with van der Waals surface area (Å²) in [5, 5.41) is 8.87. The van der Waals surface area contributed by atoms with Gasteiger partial charge in [-0.2, -0.15) is 9.97 Å². The van der Waals surface area contributed by atoms with Crippen LogP contribution < -0.4 is 5.46 Å². The Labute approximate surface area is 605 Å². The van der Waals surface area contributed by atoms with Crippen LogP contribution in [0.4, 0.5) is 0 Å². The summed E-state index contributed by atoms with van der Waals surface area (Å²) in [5.74, 6) is 4.23. The number of nitrogens with zero attached hydrogens (tertiary/aromatic N) is 8. The van der Waals surface area contributed by atoms with Crippen molar-refractivity contribution in [2.45, 2.75) is 38.9 Å². The molecule has 1 saturated heterocycles. The predicted molar refractivity (Wildman–Crippen MR) is 421 cm³/mol. The second-order valence-electron chi connectivity index (χ2n) is 26.6. The lowest BCUT2D eigenvalue weighted by Gasteiger charge is -2.32. The van der Waals surface area contributed by atoms with Crippen LogP contribution in [-0.4, -0.2) is 58.2 Å². The zero-order chi connectivity index (χ0) is 70.3. The molecule has 0 saturated carbocycles. The Bertz CT molecular complexity index is 6160. The quantitative estimate of drug-likeness (QED) is 0.0948. The van der Waals surface area contributed by atoms with Gasteiger partial charge >= 0.3 is 7.12 Å². The fourth-order valence-corrected chi connectivity index (χ4v) is 13.3. The molecule has 4 aromatic heterocycles. The van der Waals surface area contributed by atoms with Crippen LogP contribution in [0.15, 0.2) is 324 Å². The predicted octanol–water partition coefficient (Wildman–Crippen LogP) is 22.3. The Balaban J connectivity index is 0.000000122. The van der Waals surface area contributed by atoms with Gasteiger partial charge in [0.2, 0.25) is 17.1 Å². The van der Waals surface area contributed by atoms with E-state index in [1.807, 2.05) is 170 Å². The van der Waals surface area contributed by atoms with Crippen molar-refractivity contribution < 1.29 is 18.1 Å². The van der Waals surface area contributed by atoms with Crippen LogP contribution in [0.1, 0.15) is 27.7 Å². The molecule has 18 aromatic rings. The molecule has 1 aliphatic heterocycles. The number of hydrogen-bond donors (Lipinski definition) is 0. The van der Waals surface area contributed by atoms with E-state index >= 15 is 0 Å². The molecule has 0 unspecified atom stereocenters. The van der Waals surface area contributed by atoms with Crippen molar-refractivity contribution in [1.82, 2.24) is 39.9 Å². The van der Waals surface area contributed by atoms with Crippen molar-refractivity contribution in [2.75, 3.05) is 0 Å². The van der Waals surface area contributed by atoms with E-state index in [1.165, 1.54) is 11.1 Å². The van der Waals surface area contributed by atoms with Crippen LogP contribution in [-0.2, 0) is 9.31 Å². The Morgan fingerprint density at radius 3 is 0.971 bits per heavy atom. The van der Waals surface area contributed by atoms with E-state index in [-0.39, 0.29) is 16.5 Å². The molecule has 1 fully saturated rings. The van der Waals surface area contributed by atoms with Gasteiger partial charge in [0.1, 0.15) is 11.0 Å². The first-order valence-electron chi connectivity index (χ1n) is 34.5. The van der Waals surface area contributed by atoms with E-state index in [2.05, 4.69) is 188 Å². The Kier molecular flexibility index (Phi) is 17.0. The summed E-state index contributed by atoms with van der Waals surface area (Å²) >= 11 is 6.11. The van der Waals surface area contributed by atoms with Crippen molar-refractivity contribution in [1.29, 1.82) is 0 Å². The highest BCUT2D eigenvalue weighted by Gasteiger charge is 2.51. The van der Waals surface area contributed by atoms with E-state index in [0.29, 0.717) is 40.9 Å². The minimum absolute atomic E-state index is 0.191. The standard InChI is InChI=1S/C42H26N4O.C27H24BNO3.C21H14ClN3/c1-4-10-27(11-5-1)28-16-21-32(22-17-28)40-44-39(31-12-6-2-7-13-31)45-41(46-40)34-23-19-29-18-20-30-24-25-36-38(37(30)35(29)26-34)47-42(43-36)33-14-8-3-9-15-33;1-26(2)27(3,4)32-28(31-26)20-14-12-17-10-11-18-13-15-22-24(23(18)21(17)16-20)30-25(29-22)19-8-6-5-7-9-19;22-21-24-19(17-9-5-2-6-10-17)23-20(25-21)18-13-11-16(12-14-18)15-7-3-1-4-8-15/h1-26H;5-16H,1-4H3;1-14H. The summed E-state index contributed by atoms with van der Waals surface area (Å²) in [5.41, 5.74) is 14.6. The summed E-state index contributed by atoms with van der Waals surface area (Å²) < 4.78 is 25.4. The third-order valence-corrected chi connectivity index (χ3v) is 19.5. The summed E-state index contributed by atoms with van der Waals surface area (Å²) in [4.78, 5) is 37.7. The average molecular weight is 1370 g/mol. The number of oxazole rings is 2. The molecule has 104 heavy (non-hydrogen) atoms. The van der Waals surface area contributed by atoms with Crippen LogP contribution in [0.5, 0.6) is 0 Å². The van der Waals surface area contributed by atoms with Gasteiger partial charge in [-0.05, 0) is 142 Å². The second-order valence-corrected chi connectivity index (χ2v) is 26.9. The molecule has 12 nitrogen and oxygen atoms in total. The largest absolute Gasteiger partial charge is 0.494 e. The number of hydrogen-bond acceptors (Lipinski definition) is 12. The summed E-state index contributed by atoms with van der Waals surface area (Å²) in [6, 6.07) is 107. The van der Waals surface area contributed by atoms with Gasteiger partial charge in [-0.25, -0.2) is 29.9 Å². The van der Waals surface area contributed by atoms with Crippen molar-refractivity contribution >= 4 is 89.5 Å². The molecule has 0 spiro atoms. The van der Waals surface area contributed by atoms with E-state index in [4.69, 9.17) is 54.7 Å². The SMILES string of the molecule is CC1(C)OB(c2ccc3ccc4ccc5nc(-c6ccccc6)oc5c4c3c2)OC1(C)C.Clc1nc(-c2ccccc2)nc(-c2ccc(-c3ccccc3)cc2)n1.c1ccc(-c2ccc(-c3nc(-c4ccccc4)nc(-c4ccc5ccc6ccc7nc(-c8ccccc8)oc7c6c5c4)n3)cc2)cc1. The van der Waals surface area contributed by atoms with Crippen molar-refractivity contribution in [3.05, 3.63) is 321 Å². The fourth-order valence-electron chi connectivity index (χ4n) is 13.2. The number of fused-ring (bicyclic) bond motifs is 10. The van der Waals surface area contributed by atoms with Crippen LogP contribution in [0.3, 0.4) is 0 Å². The van der Waals surface area contributed by atoms with E-state index in [0.717, 1.165) is 121 Å². The topological polar surface area (TPSA) is 148 Å². The van der Waals surface area contributed by atoms with Crippen LogP contribution >= 0.6 is 11.6 Å². The Morgan fingerprint density at radius 1 is 0.269 bits per heavy atom. The van der Waals surface area contributed by atoms with Gasteiger partial charge in [0.15, 0.2) is 40.3 Å². The van der Waals surface area contributed by atoms with Gasteiger partial charge in [0.25, 0.3) is 0 Å². The van der Waals surface area contributed by atoms with Gasteiger partial charge in [-0.3, -0.25) is 0 Å². The zero-order valence-electron chi connectivity index (χ0n) is 57.2. The molecule has 498 valence electrons. The Hall–Kier alpha value is -12.6. The van der Waals surface area contributed by atoms with Crippen molar-refractivity contribution in [2.24, 2.45) is 0 Å². The highest BCUT2D eigenvalue weighted by atomic mass is 35.5. The van der Waals surface area contributed by atoms with Gasteiger partial charge < -0.3 is 18.1 Å². The minimum atomic E-state index is -0.409. The molecular weight excluding hydrogens is 1300 g/mol. The number of halogens is 1. The molecule has 0 bridgehead atoms. The second kappa shape index (κ2) is 27.4. The van der Waals surface area contributed by atoms with Gasteiger partial charge in [0.05, 0.1) is 11.2 Å². The lowest BCUT2D eigenvalue weighted by atomic mass is 9.78. The van der Waals surface area contributed by atoms with Crippen LogP contribution in [0.2, 0.25) is 5.28 Å². The third kappa shape index (κ3) is 12.9.